The minimum absolute atomic E-state index is 0.0490. The molecule has 3 aliphatic rings. The van der Waals surface area contributed by atoms with Crippen LogP contribution in [0.1, 0.15) is 59.7 Å². The summed E-state index contributed by atoms with van der Waals surface area (Å²) in [7, 11) is 0. The summed E-state index contributed by atoms with van der Waals surface area (Å²) in [5, 5.41) is 7.54. The van der Waals surface area contributed by atoms with Crippen LogP contribution in [-0.2, 0) is 23.9 Å². The molecule has 3 aliphatic heterocycles. The number of ether oxygens (including phenoxy) is 2. The third kappa shape index (κ3) is 6.46. The topological polar surface area (TPSA) is 134 Å². The molecule has 3 fully saturated rings. The van der Waals surface area contributed by atoms with Gasteiger partial charge in [-0.25, -0.2) is 0 Å². The fourth-order valence-electron chi connectivity index (χ4n) is 6.74. The van der Waals surface area contributed by atoms with Crippen molar-refractivity contribution in [2.45, 2.75) is 69.5 Å². The van der Waals surface area contributed by atoms with E-state index in [0.29, 0.717) is 30.4 Å². The number of esters is 1. The van der Waals surface area contributed by atoms with E-state index >= 15 is 0 Å². The molecule has 3 aromatic rings. The van der Waals surface area contributed by atoms with Crippen LogP contribution in [0.5, 0.6) is 0 Å². The van der Waals surface area contributed by atoms with Gasteiger partial charge in [-0.1, -0.05) is 67.4 Å². The largest absolute Gasteiger partial charge is 0.433 e. The van der Waals surface area contributed by atoms with Gasteiger partial charge in [0, 0.05) is 24.3 Å². The van der Waals surface area contributed by atoms with Crippen LogP contribution >= 0.6 is 0 Å². The van der Waals surface area contributed by atoms with Gasteiger partial charge >= 0.3 is 5.97 Å². The highest BCUT2D eigenvalue weighted by Gasteiger charge is 2.47. The molecule has 0 aliphatic carbocycles. The molecule has 11 nitrogen and oxygen atoms in total. The molecule has 2 N–H and O–H groups in total. The zero-order valence-electron chi connectivity index (χ0n) is 25.7. The lowest BCUT2D eigenvalue weighted by atomic mass is 9.92. The van der Waals surface area contributed by atoms with Crippen LogP contribution in [0, 0.1) is 0 Å². The number of rotatable bonds is 7. The average molecular weight is 627 g/mol. The van der Waals surface area contributed by atoms with Gasteiger partial charge in [0.1, 0.15) is 18.1 Å². The molecule has 46 heavy (non-hydrogen) atoms. The number of nitrogens with zero attached hydrogens (tertiary/aromatic N) is 2. The molecule has 3 heterocycles. The molecule has 2 unspecified atom stereocenters. The summed E-state index contributed by atoms with van der Waals surface area (Å²) in [5.41, 5.74) is 0.948. The molecule has 240 valence electrons. The van der Waals surface area contributed by atoms with E-state index in [1.807, 2.05) is 42.5 Å². The van der Waals surface area contributed by atoms with Crippen molar-refractivity contribution in [3.8, 4) is 0 Å². The van der Waals surface area contributed by atoms with Crippen molar-refractivity contribution in [3.63, 3.8) is 0 Å². The van der Waals surface area contributed by atoms with E-state index in [1.165, 1.54) is 0 Å². The van der Waals surface area contributed by atoms with Crippen molar-refractivity contribution in [2.75, 3.05) is 19.7 Å². The van der Waals surface area contributed by atoms with Gasteiger partial charge in [-0.15, -0.1) is 0 Å². The lowest BCUT2D eigenvalue weighted by molar-refractivity contribution is -0.165. The number of hydrogen-bond acceptors (Lipinski definition) is 7. The number of piperazine rings is 1. The zero-order chi connectivity index (χ0) is 32.2. The first-order chi connectivity index (χ1) is 22.3. The Morgan fingerprint density at radius 3 is 2.43 bits per heavy atom. The van der Waals surface area contributed by atoms with Gasteiger partial charge in [0.2, 0.25) is 18.1 Å². The van der Waals surface area contributed by atoms with E-state index in [0.717, 1.165) is 17.2 Å². The van der Waals surface area contributed by atoms with E-state index in [4.69, 9.17) is 9.47 Å². The highest BCUT2D eigenvalue weighted by Crippen LogP contribution is 2.28. The predicted octanol–water partition coefficient (Wildman–Crippen LogP) is 3.03. The van der Waals surface area contributed by atoms with Crippen LogP contribution in [0.3, 0.4) is 0 Å². The second-order valence-electron chi connectivity index (χ2n) is 12.0. The quantitative estimate of drug-likeness (QED) is 0.385. The van der Waals surface area contributed by atoms with Crippen LogP contribution in [0.25, 0.3) is 10.8 Å². The zero-order valence-corrected chi connectivity index (χ0v) is 25.7. The van der Waals surface area contributed by atoms with Gasteiger partial charge in [0.15, 0.2) is 0 Å². The first-order valence-electron chi connectivity index (χ1n) is 15.9. The molecule has 11 heteroatoms. The summed E-state index contributed by atoms with van der Waals surface area (Å²) in [6.07, 6.45) is 1.42. The van der Waals surface area contributed by atoms with Gasteiger partial charge in [-0.3, -0.25) is 24.0 Å². The number of cyclic esters (lactones) is 1. The number of benzene rings is 3. The maximum atomic E-state index is 14.4. The van der Waals surface area contributed by atoms with Gasteiger partial charge in [0.25, 0.3) is 11.8 Å². The molecular weight excluding hydrogens is 588 g/mol. The monoisotopic (exact) mass is 626 g/mol. The Bertz CT molecular complexity index is 1620. The predicted molar refractivity (Wildman–Crippen MR) is 168 cm³/mol. The highest BCUT2D eigenvalue weighted by atomic mass is 16.7. The van der Waals surface area contributed by atoms with Crippen molar-refractivity contribution >= 4 is 40.4 Å². The number of carbonyl (C=O) groups is 5. The van der Waals surface area contributed by atoms with Crippen molar-refractivity contribution in [1.29, 1.82) is 0 Å². The van der Waals surface area contributed by atoms with Crippen molar-refractivity contribution in [1.82, 2.24) is 20.4 Å². The third-order valence-electron chi connectivity index (χ3n) is 8.96. The second-order valence-corrected chi connectivity index (χ2v) is 12.0. The second kappa shape index (κ2) is 13.7. The van der Waals surface area contributed by atoms with Crippen molar-refractivity contribution in [3.05, 3.63) is 83.9 Å². The lowest BCUT2D eigenvalue weighted by Gasteiger charge is -2.48. The fraction of sp³-hybridized carbons (Fsp3) is 0.400. The Morgan fingerprint density at radius 2 is 1.63 bits per heavy atom. The summed E-state index contributed by atoms with van der Waals surface area (Å²) in [6.45, 7) is 2.24. The average Bonchev–Trinajstić information content (AvgIpc) is 3.42. The Hall–Kier alpha value is -4.77. The van der Waals surface area contributed by atoms with E-state index in [-0.39, 0.29) is 43.8 Å². The minimum atomic E-state index is -1.06. The smallest absolute Gasteiger partial charge is 0.310 e. The molecule has 0 spiro atoms. The normalized spacial score (nSPS) is 24.8. The van der Waals surface area contributed by atoms with Crippen molar-refractivity contribution in [2.24, 2.45) is 0 Å². The third-order valence-corrected chi connectivity index (χ3v) is 8.96. The molecule has 3 saturated heterocycles. The van der Waals surface area contributed by atoms with E-state index < -0.39 is 42.3 Å². The maximum absolute atomic E-state index is 14.4. The molecule has 0 saturated carbocycles. The van der Waals surface area contributed by atoms with E-state index in [2.05, 4.69) is 10.6 Å². The summed E-state index contributed by atoms with van der Waals surface area (Å²) in [6, 6.07) is 18.7. The van der Waals surface area contributed by atoms with Gasteiger partial charge in [-0.05, 0) is 48.7 Å². The summed E-state index contributed by atoms with van der Waals surface area (Å²) in [4.78, 5) is 71.0. The SMILES string of the molecule is CCOC1OC(=O)CC1NC(=O)[C@@H]1CN(C(=O)c2ccccc2)C[C@@H]2CCCC[C@H](NC(=O)c3cccc4ccccc34)C(=O)N21. The standard InChI is InChI=1S/C35H38N4O7/c1-2-45-35-28(19-30(40)46-35)37-32(42)29-21-38(33(43)23-12-4-3-5-13-23)20-24-15-7-9-18-27(34(44)39(24)29)36-31(41)26-17-10-14-22-11-6-8-16-25(22)26/h3-6,8,10-14,16-17,24,27-29,35H,2,7,9,15,18-21H2,1H3,(H,36,41)(H,37,42)/t24-,27-,28?,29-,35?/m0/s1. The molecule has 4 amide bonds. The Balaban J connectivity index is 1.29. The first-order valence-corrected chi connectivity index (χ1v) is 15.9. The number of amides is 4. The van der Waals surface area contributed by atoms with Gasteiger partial charge in [-0.2, -0.15) is 0 Å². The fourth-order valence-corrected chi connectivity index (χ4v) is 6.74. The Morgan fingerprint density at radius 1 is 0.891 bits per heavy atom. The Kier molecular flexibility index (Phi) is 9.30. The van der Waals surface area contributed by atoms with Crippen LogP contribution < -0.4 is 10.6 Å². The molecule has 3 aromatic carbocycles. The summed E-state index contributed by atoms with van der Waals surface area (Å²) < 4.78 is 10.8. The summed E-state index contributed by atoms with van der Waals surface area (Å²) in [5.74, 6) is -1.99. The molecular formula is C35H38N4O7. The highest BCUT2D eigenvalue weighted by molar-refractivity contribution is 6.08. The first kappa shape index (κ1) is 31.2. The maximum Gasteiger partial charge on any atom is 0.310 e. The van der Waals surface area contributed by atoms with Crippen LogP contribution in [0.4, 0.5) is 0 Å². The van der Waals surface area contributed by atoms with Crippen LogP contribution in [0.15, 0.2) is 72.8 Å². The molecule has 5 atom stereocenters. The minimum Gasteiger partial charge on any atom is -0.433 e. The number of hydrogen-bond donors (Lipinski definition) is 2. The number of carbonyl (C=O) groups excluding carboxylic acids is 5. The molecule has 0 bridgehead atoms. The van der Waals surface area contributed by atoms with Crippen LogP contribution in [-0.4, -0.2) is 89.6 Å². The molecule has 6 rings (SSSR count). The van der Waals surface area contributed by atoms with Crippen LogP contribution in [0.2, 0.25) is 0 Å². The Labute approximate surface area is 267 Å². The lowest BCUT2D eigenvalue weighted by Crippen LogP contribution is -2.69. The molecule has 0 aromatic heterocycles. The van der Waals surface area contributed by atoms with E-state index in [9.17, 15) is 24.0 Å². The molecule has 0 radical (unpaired) electrons. The van der Waals surface area contributed by atoms with Gasteiger partial charge in [0.05, 0.1) is 19.0 Å². The van der Waals surface area contributed by atoms with E-state index in [1.54, 1.807) is 47.1 Å². The number of fused-ring (bicyclic) bond motifs is 2. The van der Waals surface area contributed by atoms with Crippen molar-refractivity contribution < 1.29 is 33.4 Å². The number of nitrogens with one attached hydrogen (secondary N) is 2. The summed E-state index contributed by atoms with van der Waals surface area (Å²) >= 11 is 0. The van der Waals surface area contributed by atoms with Gasteiger partial charge < -0.3 is 29.9 Å².